The van der Waals surface area contributed by atoms with E-state index in [1.807, 2.05) is 0 Å². The van der Waals surface area contributed by atoms with Gasteiger partial charge in [0.15, 0.2) is 0 Å². The van der Waals surface area contributed by atoms with Crippen LogP contribution in [0.15, 0.2) is 0 Å². The van der Waals surface area contributed by atoms with Crippen molar-refractivity contribution in [3.63, 3.8) is 0 Å². The Morgan fingerprint density at radius 2 is 1.78 bits per heavy atom. The first-order valence-electron chi connectivity index (χ1n) is 8.20. The molecule has 0 spiro atoms. The van der Waals surface area contributed by atoms with Crippen LogP contribution in [0.2, 0.25) is 0 Å². The Morgan fingerprint density at radius 1 is 1.06 bits per heavy atom. The summed E-state index contributed by atoms with van der Waals surface area (Å²) < 4.78 is 0. The number of nitrogens with one attached hydrogen (secondary N) is 1. The number of hydrazine groups is 1. The predicted octanol–water partition coefficient (Wildman–Crippen LogP) is 3.86. The van der Waals surface area contributed by atoms with Gasteiger partial charge in [0.05, 0.1) is 0 Å². The summed E-state index contributed by atoms with van der Waals surface area (Å²) in [4.78, 5) is 0. The maximum absolute atomic E-state index is 5.91. The minimum Gasteiger partial charge on any atom is -0.271 e. The molecule has 0 aliphatic heterocycles. The van der Waals surface area contributed by atoms with Crippen molar-refractivity contribution in [2.75, 3.05) is 0 Å². The van der Waals surface area contributed by atoms with E-state index in [1.165, 1.54) is 57.8 Å². The van der Waals surface area contributed by atoms with Crippen molar-refractivity contribution in [1.82, 2.24) is 5.43 Å². The molecule has 0 aromatic rings. The lowest BCUT2D eigenvalue weighted by Gasteiger charge is -2.40. The smallest absolute Gasteiger partial charge is 0.0267 e. The van der Waals surface area contributed by atoms with Crippen molar-refractivity contribution in [3.05, 3.63) is 0 Å². The second-order valence-corrected chi connectivity index (χ2v) is 6.91. The lowest BCUT2D eigenvalue weighted by Crippen LogP contribution is -2.48. The number of nitrogens with two attached hydrogens (primary N) is 1. The highest BCUT2D eigenvalue weighted by Crippen LogP contribution is 2.39. The molecule has 2 nitrogen and oxygen atoms in total. The van der Waals surface area contributed by atoms with Gasteiger partial charge in [0.1, 0.15) is 0 Å². The van der Waals surface area contributed by atoms with Gasteiger partial charge in [0.2, 0.25) is 0 Å². The van der Waals surface area contributed by atoms with Gasteiger partial charge in [0, 0.05) is 6.04 Å². The van der Waals surface area contributed by atoms with Gasteiger partial charge in [-0.2, -0.15) is 0 Å². The molecule has 0 saturated heterocycles. The van der Waals surface area contributed by atoms with Crippen molar-refractivity contribution in [2.24, 2.45) is 29.5 Å². The van der Waals surface area contributed by atoms with Gasteiger partial charge in [-0.1, -0.05) is 46.0 Å². The van der Waals surface area contributed by atoms with E-state index in [4.69, 9.17) is 5.84 Å². The van der Waals surface area contributed by atoms with Crippen LogP contribution in [0.5, 0.6) is 0 Å². The van der Waals surface area contributed by atoms with Gasteiger partial charge >= 0.3 is 0 Å². The number of rotatable bonds is 4. The largest absolute Gasteiger partial charge is 0.271 e. The van der Waals surface area contributed by atoms with Crippen molar-refractivity contribution >= 4 is 0 Å². The van der Waals surface area contributed by atoms with Crippen LogP contribution in [0.4, 0.5) is 0 Å². The van der Waals surface area contributed by atoms with Crippen molar-refractivity contribution < 1.29 is 0 Å². The fourth-order valence-electron chi connectivity index (χ4n) is 4.33. The fraction of sp³-hybridized carbons (Fsp3) is 1.00. The molecule has 0 aromatic heterocycles. The second kappa shape index (κ2) is 6.91. The summed E-state index contributed by atoms with van der Waals surface area (Å²) in [6, 6.07) is 0.590. The lowest BCUT2D eigenvalue weighted by molar-refractivity contribution is 0.134. The van der Waals surface area contributed by atoms with E-state index < -0.39 is 0 Å². The molecule has 2 aliphatic rings. The Hall–Kier alpha value is -0.0800. The van der Waals surface area contributed by atoms with Crippen molar-refractivity contribution in [1.29, 1.82) is 0 Å². The molecular weight excluding hydrogens is 220 g/mol. The van der Waals surface area contributed by atoms with Gasteiger partial charge in [-0.25, -0.2) is 0 Å². The fourth-order valence-corrected chi connectivity index (χ4v) is 4.33. The van der Waals surface area contributed by atoms with Crippen LogP contribution in [-0.2, 0) is 0 Å². The summed E-state index contributed by atoms with van der Waals surface area (Å²) in [6.07, 6.45) is 12.6. The maximum Gasteiger partial charge on any atom is 0.0267 e. The van der Waals surface area contributed by atoms with Crippen LogP contribution < -0.4 is 11.3 Å². The Labute approximate surface area is 113 Å². The third kappa shape index (κ3) is 3.48. The average Bonchev–Trinajstić information content (AvgIpc) is 2.42. The monoisotopic (exact) mass is 252 g/mol. The van der Waals surface area contributed by atoms with E-state index in [0.29, 0.717) is 6.04 Å². The van der Waals surface area contributed by atoms with E-state index in [9.17, 15) is 0 Å². The van der Waals surface area contributed by atoms with E-state index in [1.54, 1.807) is 0 Å². The molecule has 3 N–H and O–H groups in total. The number of hydrogen-bond donors (Lipinski definition) is 2. The zero-order valence-electron chi connectivity index (χ0n) is 12.3. The Morgan fingerprint density at radius 3 is 2.39 bits per heavy atom. The van der Waals surface area contributed by atoms with Crippen molar-refractivity contribution in [2.45, 2.75) is 77.7 Å². The minimum absolute atomic E-state index is 0.590. The molecule has 3 atom stereocenters. The Balaban J connectivity index is 1.91. The Kier molecular flexibility index (Phi) is 5.50. The van der Waals surface area contributed by atoms with Crippen molar-refractivity contribution in [3.8, 4) is 0 Å². The van der Waals surface area contributed by atoms with Crippen LogP contribution in [0.25, 0.3) is 0 Å². The highest BCUT2D eigenvalue weighted by molar-refractivity contribution is 4.87. The van der Waals surface area contributed by atoms with E-state index in [2.05, 4.69) is 19.3 Å². The molecule has 18 heavy (non-hydrogen) atoms. The van der Waals surface area contributed by atoms with Gasteiger partial charge < -0.3 is 0 Å². The molecule has 0 amide bonds. The summed E-state index contributed by atoms with van der Waals surface area (Å²) in [6.45, 7) is 4.75. The molecule has 2 rings (SSSR count). The second-order valence-electron chi connectivity index (χ2n) is 6.91. The summed E-state index contributed by atoms with van der Waals surface area (Å²) >= 11 is 0. The van der Waals surface area contributed by atoms with Gasteiger partial charge in [-0.05, 0) is 49.4 Å². The van der Waals surface area contributed by atoms with Crippen LogP contribution >= 0.6 is 0 Å². The third-order valence-electron chi connectivity index (χ3n) is 5.67. The molecule has 0 aromatic carbocycles. The molecule has 2 saturated carbocycles. The summed E-state index contributed by atoms with van der Waals surface area (Å²) in [5.41, 5.74) is 3.20. The zero-order chi connectivity index (χ0) is 13.0. The molecule has 0 bridgehead atoms. The van der Waals surface area contributed by atoms with Gasteiger partial charge in [-0.15, -0.1) is 0 Å². The molecule has 2 aliphatic carbocycles. The molecule has 106 valence electrons. The van der Waals surface area contributed by atoms with Crippen LogP contribution in [0, 0.1) is 23.7 Å². The lowest BCUT2D eigenvalue weighted by atomic mass is 9.70. The SMILES string of the molecule is CCC1CCCC(C(NN)C2CCC(C)CC2)C1. The molecule has 0 heterocycles. The first-order chi connectivity index (χ1) is 8.74. The normalized spacial score (nSPS) is 39.5. The van der Waals surface area contributed by atoms with E-state index in [-0.39, 0.29) is 0 Å². The molecular formula is C16H32N2. The molecule has 3 unspecified atom stereocenters. The number of hydrogen-bond acceptors (Lipinski definition) is 2. The van der Waals surface area contributed by atoms with Gasteiger partial charge in [-0.3, -0.25) is 11.3 Å². The quantitative estimate of drug-likeness (QED) is 0.589. The van der Waals surface area contributed by atoms with Crippen LogP contribution in [0.3, 0.4) is 0 Å². The molecule has 2 fully saturated rings. The zero-order valence-corrected chi connectivity index (χ0v) is 12.3. The Bertz CT molecular complexity index is 233. The van der Waals surface area contributed by atoms with Crippen LogP contribution in [0.1, 0.15) is 71.6 Å². The highest BCUT2D eigenvalue weighted by atomic mass is 15.2. The summed E-state index contributed by atoms with van der Waals surface area (Å²) in [5.74, 6) is 9.49. The minimum atomic E-state index is 0.590. The average molecular weight is 252 g/mol. The third-order valence-corrected chi connectivity index (χ3v) is 5.67. The summed E-state index contributed by atoms with van der Waals surface area (Å²) in [7, 11) is 0. The molecule has 0 radical (unpaired) electrons. The van der Waals surface area contributed by atoms with E-state index >= 15 is 0 Å². The van der Waals surface area contributed by atoms with Crippen LogP contribution in [-0.4, -0.2) is 6.04 Å². The predicted molar refractivity (Wildman–Crippen MR) is 78.0 cm³/mol. The standard InChI is InChI=1S/C16H32N2/c1-3-13-5-4-6-15(11-13)16(18-17)14-9-7-12(2)8-10-14/h12-16,18H,3-11,17H2,1-2H3. The maximum atomic E-state index is 5.91. The first-order valence-corrected chi connectivity index (χ1v) is 8.20. The topological polar surface area (TPSA) is 38.0 Å². The van der Waals surface area contributed by atoms with E-state index in [0.717, 1.165) is 23.7 Å². The van der Waals surface area contributed by atoms with Gasteiger partial charge in [0.25, 0.3) is 0 Å². The first kappa shape index (κ1) is 14.3. The highest BCUT2D eigenvalue weighted by Gasteiger charge is 2.33. The summed E-state index contributed by atoms with van der Waals surface area (Å²) in [5, 5.41) is 0. The molecule has 2 heteroatoms.